The lowest BCUT2D eigenvalue weighted by Crippen LogP contribution is -2.25. The number of aliphatic hydroxyl groups is 1. The quantitative estimate of drug-likeness (QED) is 0.432. The van der Waals surface area contributed by atoms with E-state index in [0.29, 0.717) is 11.5 Å². The Morgan fingerprint density at radius 1 is 1.46 bits per heavy atom. The molecule has 1 atom stereocenters. The Morgan fingerprint density at radius 2 is 2.00 bits per heavy atom. The molecular formula is C9H10NO3. The molecule has 1 N–H and O–H groups in total. The molecule has 1 radical (unpaired) electrons. The van der Waals surface area contributed by atoms with E-state index in [1.807, 2.05) is 6.07 Å². The minimum Gasteiger partial charge on any atom is -0.332 e. The van der Waals surface area contributed by atoms with Crippen molar-refractivity contribution in [3.05, 3.63) is 51.9 Å². The summed E-state index contributed by atoms with van der Waals surface area (Å²) in [5.41, 5.74) is 0.687. The maximum absolute atomic E-state index is 10.2. The minimum atomic E-state index is -1.61. The summed E-state index contributed by atoms with van der Waals surface area (Å²) in [4.78, 5) is 9.53. The summed E-state index contributed by atoms with van der Waals surface area (Å²) in [5, 5.41) is 19.4. The van der Waals surface area contributed by atoms with Crippen LogP contribution in [0.5, 0.6) is 0 Å². The van der Waals surface area contributed by atoms with E-state index in [-0.39, 0.29) is 0 Å². The molecule has 1 aromatic carbocycles. The molecule has 4 heteroatoms. The van der Waals surface area contributed by atoms with Crippen molar-refractivity contribution in [3.63, 3.8) is 0 Å². The van der Waals surface area contributed by atoms with Crippen LogP contribution in [0.1, 0.15) is 12.5 Å². The van der Waals surface area contributed by atoms with Crippen LogP contribution in [-0.4, -0.2) is 16.3 Å². The molecule has 1 aromatic rings. The smallest absolute Gasteiger partial charge is 0.323 e. The lowest BCUT2D eigenvalue weighted by atomic mass is 10.0. The van der Waals surface area contributed by atoms with E-state index in [2.05, 4.69) is 0 Å². The van der Waals surface area contributed by atoms with E-state index in [9.17, 15) is 10.1 Å². The third-order valence-corrected chi connectivity index (χ3v) is 1.82. The molecule has 0 amide bonds. The molecule has 1 unspecified atom stereocenters. The van der Waals surface area contributed by atoms with Crippen LogP contribution in [0, 0.1) is 16.0 Å². The molecule has 0 saturated heterocycles. The molecule has 0 saturated carbocycles. The molecule has 0 fully saturated rings. The Morgan fingerprint density at radius 3 is 2.46 bits per heavy atom. The predicted molar refractivity (Wildman–Crippen MR) is 47.5 cm³/mol. The lowest BCUT2D eigenvalue weighted by Gasteiger charge is -2.10. The fourth-order valence-electron chi connectivity index (χ4n) is 1.01. The van der Waals surface area contributed by atoms with Gasteiger partial charge in [0.2, 0.25) is 0 Å². The molecule has 1 rings (SSSR count). The lowest BCUT2D eigenvalue weighted by molar-refractivity contribution is -0.563. The fourth-order valence-corrected chi connectivity index (χ4v) is 1.01. The normalized spacial score (nSPS) is 12.8. The summed E-state index contributed by atoms with van der Waals surface area (Å²) in [6.45, 7) is 1.54. The first kappa shape index (κ1) is 9.67. The van der Waals surface area contributed by atoms with Crippen LogP contribution in [0.25, 0.3) is 0 Å². The Bertz CT molecular complexity index is 286. The van der Waals surface area contributed by atoms with Gasteiger partial charge >= 0.3 is 6.23 Å². The maximum Gasteiger partial charge on any atom is 0.323 e. The molecular weight excluding hydrogens is 170 g/mol. The molecule has 4 nitrogen and oxygen atoms in total. The summed E-state index contributed by atoms with van der Waals surface area (Å²) in [5.74, 6) is 0.352. The average Bonchev–Trinajstić information content (AvgIpc) is 2.17. The zero-order valence-electron chi connectivity index (χ0n) is 7.18. The van der Waals surface area contributed by atoms with Gasteiger partial charge < -0.3 is 5.11 Å². The molecule has 0 aliphatic heterocycles. The van der Waals surface area contributed by atoms with Crippen molar-refractivity contribution < 1.29 is 10.0 Å². The van der Waals surface area contributed by atoms with Crippen LogP contribution in [-0.2, 0) is 0 Å². The van der Waals surface area contributed by atoms with Gasteiger partial charge in [-0.25, -0.2) is 0 Å². The topological polar surface area (TPSA) is 63.4 Å². The highest BCUT2D eigenvalue weighted by Gasteiger charge is 2.26. The van der Waals surface area contributed by atoms with E-state index in [1.165, 1.54) is 0 Å². The molecule has 13 heavy (non-hydrogen) atoms. The number of nitro groups is 1. The van der Waals surface area contributed by atoms with Crippen LogP contribution >= 0.6 is 0 Å². The standard InChI is InChI=1S/C9H10NO3/c1-7(9(11)10(12)13)8-5-3-2-4-6-8/h2-6,9,11H,1H3. The number of hydrogen-bond donors (Lipinski definition) is 1. The summed E-state index contributed by atoms with van der Waals surface area (Å²) >= 11 is 0. The van der Waals surface area contributed by atoms with Crippen molar-refractivity contribution in [1.29, 1.82) is 0 Å². The second-order valence-electron chi connectivity index (χ2n) is 2.71. The van der Waals surface area contributed by atoms with Gasteiger partial charge in [-0.2, -0.15) is 0 Å². The summed E-state index contributed by atoms with van der Waals surface area (Å²) < 4.78 is 0. The summed E-state index contributed by atoms with van der Waals surface area (Å²) in [6.07, 6.45) is -1.61. The minimum absolute atomic E-state index is 0.352. The first-order valence-corrected chi connectivity index (χ1v) is 3.83. The van der Waals surface area contributed by atoms with Gasteiger partial charge in [-0.15, -0.1) is 0 Å². The van der Waals surface area contributed by atoms with E-state index in [4.69, 9.17) is 5.11 Å². The number of hydrogen-bond acceptors (Lipinski definition) is 3. The highest BCUT2D eigenvalue weighted by Crippen LogP contribution is 2.17. The fraction of sp³-hybridized carbons (Fsp3) is 0.222. The Labute approximate surface area is 76.0 Å². The van der Waals surface area contributed by atoms with Gasteiger partial charge in [0, 0.05) is 0 Å². The van der Waals surface area contributed by atoms with E-state index >= 15 is 0 Å². The van der Waals surface area contributed by atoms with E-state index in [0.717, 1.165) is 0 Å². The van der Waals surface area contributed by atoms with Crippen molar-refractivity contribution in [3.8, 4) is 0 Å². The van der Waals surface area contributed by atoms with Gasteiger partial charge in [0.25, 0.3) is 0 Å². The second-order valence-corrected chi connectivity index (χ2v) is 2.71. The number of benzene rings is 1. The molecule has 69 valence electrons. The van der Waals surface area contributed by atoms with Crippen molar-refractivity contribution in [2.75, 3.05) is 0 Å². The first-order chi connectivity index (χ1) is 6.13. The number of nitrogens with zero attached hydrogens (tertiary/aromatic N) is 1. The predicted octanol–water partition coefficient (Wildman–Crippen LogP) is 1.22. The van der Waals surface area contributed by atoms with Gasteiger partial charge in [0.15, 0.2) is 0 Å². The molecule has 0 bridgehead atoms. The monoisotopic (exact) mass is 180 g/mol. The largest absolute Gasteiger partial charge is 0.332 e. The average molecular weight is 180 g/mol. The zero-order valence-corrected chi connectivity index (χ0v) is 7.18. The molecule has 0 heterocycles. The highest BCUT2D eigenvalue weighted by molar-refractivity contribution is 5.29. The van der Waals surface area contributed by atoms with Crippen LogP contribution in [0.15, 0.2) is 30.3 Å². The van der Waals surface area contributed by atoms with Crippen molar-refractivity contribution in [2.45, 2.75) is 13.2 Å². The first-order valence-electron chi connectivity index (χ1n) is 3.83. The van der Waals surface area contributed by atoms with Crippen molar-refractivity contribution in [1.82, 2.24) is 0 Å². The van der Waals surface area contributed by atoms with Gasteiger partial charge in [-0.1, -0.05) is 30.3 Å². The molecule has 0 aromatic heterocycles. The summed E-state index contributed by atoms with van der Waals surface area (Å²) in [7, 11) is 0. The Kier molecular flexibility index (Phi) is 2.97. The Balaban J connectivity index is 2.79. The van der Waals surface area contributed by atoms with Crippen LogP contribution in [0.3, 0.4) is 0 Å². The molecule has 0 spiro atoms. The second kappa shape index (κ2) is 4.00. The summed E-state index contributed by atoms with van der Waals surface area (Å²) in [6, 6.07) is 8.80. The van der Waals surface area contributed by atoms with Crippen molar-refractivity contribution >= 4 is 0 Å². The van der Waals surface area contributed by atoms with Gasteiger partial charge in [-0.3, -0.25) is 10.1 Å². The molecule has 0 aliphatic carbocycles. The zero-order chi connectivity index (χ0) is 9.84. The Hall–Kier alpha value is -1.42. The van der Waals surface area contributed by atoms with Crippen LogP contribution in [0.2, 0.25) is 0 Å². The van der Waals surface area contributed by atoms with Crippen LogP contribution in [0.4, 0.5) is 0 Å². The number of rotatable bonds is 3. The SMILES string of the molecule is C[C](c1ccccc1)C(O)[N+](=O)[O-]. The van der Waals surface area contributed by atoms with Gasteiger partial charge in [-0.05, 0) is 12.5 Å². The maximum atomic E-state index is 10.2. The van der Waals surface area contributed by atoms with Gasteiger partial charge in [0.1, 0.15) is 5.92 Å². The van der Waals surface area contributed by atoms with Gasteiger partial charge in [0.05, 0.1) is 4.92 Å². The molecule has 0 aliphatic rings. The highest BCUT2D eigenvalue weighted by atomic mass is 16.7. The van der Waals surface area contributed by atoms with E-state index in [1.54, 1.807) is 31.2 Å². The third-order valence-electron chi connectivity index (χ3n) is 1.82. The number of aliphatic hydroxyl groups excluding tert-OH is 1. The van der Waals surface area contributed by atoms with Crippen molar-refractivity contribution in [2.24, 2.45) is 0 Å². The van der Waals surface area contributed by atoms with E-state index < -0.39 is 11.2 Å². The third kappa shape index (κ3) is 2.26. The van der Waals surface area contributed by atoms with Crippen LogP contribution < -0.4 is 0 Å².